The van der Waals surface area contributed by atoms with E-state index < -0.39 is 12.5 Å². The van der Waals surface area contributed by atoms with Crippen LogP contribution in [-0.2, 0) is 20.0 Å². The van der Waals surface area contributed by atoms with E-state index in [0.29, 0.717) is 23.8 Å². The van der Waals surface area contributed by atoms with Gasteiger partial charge in [-0.25, -0.2) is 28.7 Å². The first kappa shape index (κ1) is 18.9. The SMILES string of the molecule is C[C@H](Nc1nc(Cc2cn(C)cn2)c2ccn(CCF)c2n1)c1ncc(F)cn1. The lowest BCUT2D eigenvalue weighted by Crippen LogP contribution is -2.14. The second kappa shape index (κ2) is 7.90. The highest BCUT2D eigenvalue weighted by molar-refractivity contribution is 5.80. The minimum Gasteiger partial charge on any atom is -0.344 e. The van der Waals surface area contributed by atoms with Crippen molar-refractivity contribution in [2.24, 2.45) is 7.05 Å². The van der Waals surface area contributed by atoms with Gasteiger partial charge in [0.15, 0.2) is 5.82 Å². The number of nitrogens with one attached hydrogen (secondary N) is 1. The van der Waals surface area contributed by atoms with Crippen molar-refractivity contribution in [3.05, 3.63) is 60.2 Å². The molecule has 8 nitrogen and oxygen atoms in total. The van der Waals surface area contributed by atoms with E-state index in [1.165, 1.54) is 0 Å². The van der Waals surface area contributed by atoms with Crippen LogP contribution in [0.5, 0.6) is 0 Å². The van der Waals surface area contributed by atoms with Crippen molar-refractivity contribution in [2.45, 2.75) is 25.9 Å². The first-order valence-corrected chi connectivity index (χ1v) is 9.16. The van der Waals surface area contributed by atoms with E-state index in [1.807, 2.05) is 30.8 Å². The Bertz CT molecular complexity index is 1120. The molecule has 0 aliphatic carbocycles. The Hall–Kier alpha value is -3.43. The Morgan fingerprint density at radius 3 is 2.66 bits per heavy atom. The number of rotatable bonds is 7. The molecule has 0 aromatic carbocycles. The third kappa shape index (κ3) is 4.05. The standard InChI is InChI=1S/C19H20F2N8/c1-12(17-22-8-13(21)9-23-17)25-19-26-16(7-14-10-28(2)11-24-14)15-3-5-29(6-4-20)18(15)27-19/h3,5,8-12H,4,6-7H2,1-2H3,(H,25,26,27)/t12-/m0/s1. The van der Waals surface area contributed by atoms with Crippen LogP contribution in [0.15, 0.2) is 37.2 Å². The topological polar surface area (TPSA) is 86.3 Å². The zero-order chi connectivity index (χ0) is 20.4. The maximum atomic E-state index is 13.1. The second-order valence-electron chi connectivity index (χ2n) is 6.76. The number of nitrogens with zero attached hydrogens (tertiary/aromatic N) is 7. The molecule has 0 spiro atoms. The lowest BCUT2D eigenvalue weighted by atomic mass is 10.2. The van der Waals surface area contributed by atoms with Crippen LogP contribution in [0.25, 0.3) is 11.0 Å². The average Bonchev–Trinajstić information content (AvgIpc) is 3.29. The van der Waals surface area contributed by atoms with Crippen molar-refractivity contribution in [3.63, 3.8) is 0 Å². The van der Waals surface area contributed by atoms with Gasteiger partial charge >= 0.3 is 0 Å². The van der Waals surface area contributed by atoms with Crippen molar-refractivity contribution < 1.29 is 8.78 Å². The Balaban J connectivity index is 1.70. The fourth-order valence-electron chi connectivity index (χ4n) is 3.13. The van der Waals surface area contributed by atoms with Gasteiger partial charge in [0.2, 0.25) is 5.95 Å². The maximum absolute atomic E-state index is 13.1. The summed E-state index contributed by atoms with van der Waals surface area (Å²) in [7, 11) is 1.90. The molecule has 0 fully saturated rings. The molecule has 0 radical (unpaired) electrons. The van der Waals surface area contributed by atoms with Crippen LogP contribution >= 0.6 is 0 Å². The highest BCUT2D eigenvalue weighted by Crippen LogP contribution is 2.23. The fraction of sp³-hybridized carbons (Fsp3) is 0.316. The van der Waals surface area contributed by atoms with Gasteiger partial charge in [0.1, 0.15) is 18.1 Å². The summed E-state index contributed by atoms with van der Waals surface area (Å²) in [4.78, 5) is 21.6. The molecule has 4 heterocycles. The highest BCUT2D eigenvalue weighted by Gasteiger charge is 2.16. The molecule has 0 saturated heterocycles. The largest absolute Gasteiger partial charge is 0.344 e. The van der Waals surface area contributed by atoms with Crippen LogP contribution in [0.4, 0.5) is 14.7 Å². The molecule has 0 aliphatic heterocycles. The van der Waals surface area contributed by atoms with E-state index >= 15 is 0 Å². The molecule has 4 aromatic rings. The Morgan fingerprint density at radius 2 is 1.97 bits per heavy atom. The van der Waals surface area contributed by atoms with Gasteiger partial charge in [-0.1, -0.05) is 0 Å². The minimum absolute atomic E-state index is 0.208. The first-order valence-electron chi connectivity index (χ1n) is 9.16. The molecule has 0 saturated carbocycles. The van der Waals surface area contributed by atoms with Gasteiger partial charge in [-0.3, -0.25) is 0 Å². The molecule has 29 heavy (non-hydrogen) atoms. The number of halogens is 2. The summed E-state index contributed by atoms with van der Waals surface area (Å²) in [5.74, 6) is 0.281. The number of anilines is 1. The molecule has 0 bridgehead atoms. The molecular weight excluding hydrogens is 378 g/mol. The quantitative estimate of drug-likeness (QED) is 0.515. The Morgan fingerprint density at radius 1 is 1.17 bits per heavy atom. The zero-order valence-corrected chi connectivity index (χ0v) is 16.0. The molecule has 1 atom stereocenters. The van der Waals surface area contributed by atoms with Gasteiger partial charge in [-0.15, -0.1) is 0 Å². The predicted molar refractivity (Wildman–Crippen MR) is 104 cm³/mol. The average molecular weight is 398 g/mol. The lowest BCUT2D eigenvalue weighted by Gasteiger charge is -2.14. The molecular formula is C19H20F2N8. The van der Waals surface area contributed by atoms with Crippen LogP contribution < -0.4 is 5.32 Å². The van der Waals surface area contributed by atoms with E-state index in [0.717, 1.165) is 29.2 Å². The molecule has 150 valence electrons. The van der Waals surface area contributed by atoms with Crippen LogP contribution in [-0.4, -0.2) is 40.7 Å². The summed E-state index contributed by atoms with van der Waals surface area (Å²) in [5, 5.41) is 4.01. The van der Waals surface area contributed by atoms with Crippen molar-refractivity contribution in [3.8, 4) is 0 Å². The molecule has 0 unspecified atom stereocenters. The number of hydrogen-bond donors (Lipinski definition) is 1. The van der Waals surface area contributed by atoms with Gasteiger partial charge in [-0.2, -0.15) is 4.98 Å². The number of aromatic nitrogens is 7. The van der Waals surface area contributed by atoms with E-state index in [-0.39, 0.29) is 12.6 Å². The van der Waals surface area contributed by atoms with Crippen LogP contribution in [0.3, 0.4) is 0 Å². The number of alkyl halides is 1. The number of hydrogen-bond acceptors (Lipinski definition) is 6. The minimum atomic E-state index is -0.500. The maximum Gasteiger partial charge on any atom is 0.225 e. The molecule has 0 amide bonds. The van der Waals surface area contributed by atoms with Crippen molar-refractivity contribution in [2.75, 3.05) is 12.0 Å². The third-order valence-electron chi connectivity index (χ3n) is 4.50. The van der Waals surface area contributed by atoms with E-state index in [4.69, 9.17) is 0 Å². The van der Waals surface area contributed by atoms with Gasteiger partial charge in [-0.05, 0) is 13.0 Å². The van der Waals surface area contributed by atoms with Crippen molar-refractivity contribution >= 4 is 17.0 Å². The Labute approximate surface area is 165 Å². The smallest absolute Gasteiger partial charge is 0.225 e. The van der Waals surface area contributed by atoms with Gasteiger partial charge in [0, 0.05) is 31.2 Å². The zero-order valence-electron chi connectivity index (χ0n) is 16.0. The molecule has 1 N–H and O–H groups in total. The van der Waals surface area contributed by atoms with E-state index in [1.54, 1.807) is 17.1 Å². The van der Waals surface area contributed by atoms with Gasteiger partial charge < -0.3 is 14.5 Å². The number of aryl methyl sites for hydroxylation is 2. The Kier molecular flexibility index (Phi) is 5.15. The van der Waals surface area contributed by atoms with Crippen LogP contribution in [0, 0.1) is 5.82 Å². The second-order valence-corrected chi connectivity index (χ2v) is 6.76. The first-order chi connectivity index (χ1) is 14.0. The third-order valence-corrected chi connectivity index (χ3v) is 4.50. The normalized spacial score (nSPS) is 12.4. The van der Waals surface area contributed by atoms with Crippen LogP contribution in [0.2, 0.25) is 0 Å². The molecule has 0 aliphatic rings. The fourth-order valence-corrected chi connectivity index (χ4v) is 3.13. The number of fused-ring (bicyclic) bond motifs is 1. The van der Waals surface area contributed by atoms with Gasteiger partial charge in [0.25, 0.3) is 0 Å². The van der Waals surface area contributed by atoms with Crippen LogP contribution in [0.1, 0.15) is 30.2 Å². The van der Waals surface area contributed by atoms with Gasteiger partial charge in [0.05, 0.1) is 42.7 Å². The summed E-state index contributed by atoms with van der Waals surface area (Å²) >= 11 is 0. The predicted octanol–water partition coefficient (Wildman–Crippen LogP) is 2.83. The van der Waals surface area contributed by atoms with E-state index in [2.05, 4.69) is 30.2 Å². The summed E-state index contributed by atoms with van der Waals surface area (Å²) in [6.45, 7) is 1.55. The van der Waals surface area contributed by atoms with Crippen molar-refractivity contribution in [1.29, 1.82) is 0 Å². The van der Waals surface area contributed by atoms with Crippen molar-refractivity contribution in [1.82, 2.24) is 34.1 Å². The molecule has 10 heteroatoms. The summed E-state index contributed by atoms with van der Waals surface area (Å²) in [6, 6.07) is 1.54. The summed E-state index contributed by atoms with van der Waals surface area (Å²) in [5.41, 5.74) is 2.28. The summed E-state index contributed by atoms with van der Waals surface area (Å²) in [6.07, 6.45) is 8.20. The van der Waals surface area contributed by atoms with E-state index in [9.17, 15) is 8.78 Å². The highest BCUT2D eigenvalue weighted by atomic mass is 19.1. The number of imidazole rings is 1. The molecule has 4 rings (SSSR count). The monoisotopic (exact) mass is 398 g/mol. The molecule has 4 aromatic heterocycles. The summed E-state index contributed by atoms with van der Waals surface area (Å²) < 4.78 is 29.7. The lowest BCUT2D eigenvalue weighted by molar-refractivity contribution is 0.450.